The number of sulfonamides is 1. The molecule has 0 aromatic heterocycles. The standard InChI is InChI=1S/C18H18BrClN2O3S/c1-13-2-5-15(6-3-13)26(24,25)22-10-8-21(9-11-22)18(23)16-12-14(19)4-7-17(16)20/h2-7,12H,8-11H2,1H3. The molecule has 0 spiro atoms. The van der Waals surface area contributed by atoms with Gasteiger partial charge in [-0.1, -0.05) is 45.2 Å². The molecule has 0 bridgehead atoms. The van der Waals surface area contributed by atoms with Crippen LogP contribution in [0.4, 0.5) is 0 Å². The van der Waals surface area contributed by atoms with E-state index in [0.29, 0.717) is 23.7 Å². The summed E-state index contributed by atoms with van der Waals surface area (Å²) in [6.45, 7) is 3.08. The summed E-state index contributed by atoms with van der Waals surface area (Å²) in [6.07, 6.45) is 0. The number of benzene rings is 2. The molecule has 5 nitrogen and oxygen atoms in total. The molecule has 2 aromatic carbocycles. The van der Waals surface area contributed by atoms with E-state index < -0.39 is 10.0 Å². The Hall–Kier alpha value is -1.41. The molecule has 1 aliphatic heterocycles. The minimum Gasteiger partial charge on any atom is -0.336 e. The van der Waals surface area contributed by atoms with E-state index in [4.69, 9.17) is 11.6 Å². The van der Waals surface area contributed by atoms with Gasteiger partial charge < -0.3 is 4.90 Å². The Kier molecular flexibility index (Phi) is 5.72. The smallest absolute Gasteiger partial charge is 0.255 e. The van der Waals surface area contributed by atoms with Crippen LogP contribution >= 0.6 is 27.5 Å². The van der Waals surface area contributed by atoms with Gasteiger partial charge in [0.15, 0.2) is 0 Å². The van der Waals surface area contributed by atoms with Crippen LogP contribution in [-0.2, 0) is 10.0 Å². The van der Waals surface area contributed by atoms with E-state index in [1.807, 2.05) is 6.92 Å². The van der Waals surface area contributed by atoms with Crippen molar-refractivity contribution in [3.8, 4) is 0 Å². The van der Waals surface area contributed by atoms with Gasteiger partial charge in [0.2, 0.25) is 10.0 Å². The van der Waals surface area contributed by atoms with Crippen LogP contribution in [0, 0.1) is 6.92 Å². The molecule has 8 heteroatoms. The second-order valence-electron chi connectivity index (χ2n) is 6.13. The highest BCUT2D eigenvalue weighted by Crippen LogP contribution is 2.24. The number of carbonyl (C=O) groups excluding carboxylic acids is 1. The van der Waals surface area contributed by atoms with E-state index in [-0.39, 0.29) is 23.9 Å². The van der Waals surface area contributed by atoms with Gasteiger partial charge in [0.05, 0.1) is 15.5 Å². The van der Waals surface area contributed by atoms with E-state index in [1.165, 1.54) is 4.31 Å². The monoisotopic (exact) mass is 456 g/mol. The summed E-state index contributed by atoms with van der Waals surface area (Å²) in [5.41, 5.74) is 1.42. The molecular weight excluding hydrogens is 440 g/mol. The van der Waals surface area contributed by atoms with Crippen molar-refractivity contribution in [2.45, 2.75) is 11.8 Å². The van der Waals surface area contributed by atoms with Crippen LogP contribution < -0.4 is 0 Å². The summed E-state index contributed by atoms with van der Waals surface area (Å²) < 4.78 is 27.7. The summed E-state index contributed by atoms with van der Waals surface area (Å²) in [5, 5.41) is 0.382. The van der Waals surface area contributed by atoms with Gasteiger partial charge >= 0.3 is 0 Å². The first-order chi connectivity index (χ1) is 12.3. The van der Waals surface area contributed by atoms with Gasteiger partial charge in [0.1, 0.15) is 0 Å². The molecule has 3 rings (SSSR count). The van der Waals surface area contributed by atoms with Crippen molar-refractivity contribution >= 4 is 43.5 Å². The minimum atomic E-state index is -3.55. The summed E-state index contributed by atoms with van der Waals surface area (Å²) in [7, 11) is -3.55. The van der Waals surface area contributed by atoms with Gasteiger partial charge in [-0.05, 0) is 37.3 Å². The Labute approximate surface area is 166 Å². The molecule has 1 aliphatic rings. The van der Waals surface area contributed by atoms with Gasteiger partial charge in [-0.3, -0.25) is 4.79 Å². The molecule has 1 heterocycles. The molecule has 0 unspecified atom stereocenters. The van der Waals surface area contributed by atoms with E-state index in [0.717, 1.165) is 10.0 Å². The highest BCUT2D eigenvalue weighted by molar-refractivity contribution is 9.10. The van der Waals surface area contributed by atoms with Crippen LogP contribution in [0.5, 0.6) is 0 Å². The molecule has 0 atom stereocenters. The Bertz CT molecular complexity index is 924. The van der Waals surface area contributed by atoms with Crippen LogP contribution in [0.15, 0.2) is 51.8 Å². The Morgan fingerprint density at radius 3 is 2.27 bits per heavy atom. The number of piperazine rings is 1. The fourth-order valence-corrected chi connectivity index (χ4v) is 4.80. The number of rotatable bonds is 3. The van der Waals surface area contributed by atoms with Crippen LogP contribution in [0.25, 0.3) is 0 Å². The van der Waals surface area contributed by atoms with Gasteiger partial charge in [-0.25, -0.2) is 8.42 Å². The molecule has 0 saturated carbocycles. The third-order valence-corrected chi connectivity index (χ3v) is 7.08. The number of nitrogens with zero attached hydrogens (tertiary/aromatic N) is 2. The summed E-state index contributed by atoms with van der Waals surface area (Å²) in [5.74, 6) is -0.191. The van der Waals surface area contributed by atoms with Crippen molar-refractivity contribution < 1.29 is 13.2 Å². The van der Waals surface area contributed by atoms with E-state index in [2.05, 4.69) is 15.9 Å². The molecule has 26 heavy (non-hydrogen) atoms. The average Bonchev–Trinajstić information content (AvgIpc) is 2.63. The van der Waals surface area contributed by atoms with Crippen LogP contribution in [0.1, 0.15) is 15.9 Å². The second-order valence-corrected chi connectivity index (χ2v) is 9.39. The van der Waals surface area contributed by atoms with Crippen molar-refractivity contribution in [3.63, 3.8) is 0 Å². The maximum Gasteiger partial charge on any atom is 0.255 e. The van der Waals surface area contributed by atoms with Crippen molar-refractivity contribution in [2.75, 3.05) is 26.2 Å². The second kappa shape index (κ2) is 7.68. The van der Waals surface area contributed by atoms with Gasteiger partial charge in [0.25, 0.3) is 5.91 Å². The number of hydrogen-bond acceptors (Lipinski definition) is 3. The average molecular weight is 458 g/mol. The number of hydrogen-bond donors (Lipinski definition) is 0. The van der Waals surface area contributed by atoms with Crippen molar-refractivity contribution in [3.05, 3.63) is 63.1 Å². The molecule has 0 aliphatic carbocycles. The molecule has 1 saturated heterocycles. The number of carbonyl (C=O) groups is 1. The third-order valence-electron chi connectivity index (χ3n) is 4.34. The van der Waals surface area contributed by atoms with Crippen molar-refractivity contribution in [2.24, 2.45) is 0 Å². The lowest BCUT2D eigenvalue weighted by Gasteiger charge is -2.34. The predicted octanol–water partition coefficient (Wildman–Crippen LogP) is 3.56. The summed E-state index contributed by atoms with van der Waals surface area (Å²) in [6, 6.07) is 11.9. The van der Waals surface area contributed by atoms with E-state index in [9.17, 15) is 13.2 Å². The topological polar surface area (TPSA) is 57.7 Å². The molecule has 1 amide bonds. The predicted molar refractivity (Wildman–Crippen MR) is 105 cm³/mol. The van der Waals surface area contributed by atoms with Crippen molar-refractivity contribution in [1.29, 1.82) is 0 Å². The minimum absolute atomic E-state index is 0.191. The van der Waals surface area contributed by atoms with Gasteiger partial charge in [-0.15, -0.1) is 0 Å². The quantitative estimate of drug-likeness (QED) is 0.708. The Morgan fingerprint density at radius 1 is 1.04 bits per heavy atom. The maximum absolute atomic E-state index is 12.7. The lowest BCUT2D eigenvalue weighted by atomic mass is 10.2. The third kappa shape index (κ3) is 3.96. The number of halogens is 2. The first-order valence-electron chi connectivity index (χ1n) is 8.10. The normalized spacial score (nSPS) is 15.9. The first kappa shape index (κ1) is 19.4. The molecule has 138 valence electrons. The Morgan fingerprint density at radius 2 is 1.65 bits per heavy atom. The largest absolute Gasteiger partial charge is 0.336 e. The number of amides is 1. The summed E-state index contributed by atoms with van der Waals surface area (Å²) in [4.78, 5) is 14.6. The lowest BCUT2D eigenvalue weighted by molar-refractivity contribution is 0.0698. The fourth-order valence-electron chi connectivity index (χ4n) is 2.82. The van der Waals surface area contributed by atoms with E-state index >= 15 is 0 Å². The Balaban J connectivity index is 1.71. The van der Waals surface area contributed by atoms with Gasteiger partial charge in [0, 0.05) is 30.7 Å². The molecule has 2 aromatic rings. The molecule has 0 radical (unpaired) electrons. The van der Waals surface area contributed by atoms with Crippen LogP contribution in [-0.4, -0.2) is 49.7 Å². The lowest BCUT2D eigenvalue weighted by Crippen LogP contribution is -2.50. The molecular formula is C18H18BrClN2O3S. The zero-order valence-corrected chi connectivity index (χ0v) is 17.3. The highest BCUT2D eigenvalue weighted by atomic mass is 79.9. The fraction of sp³-hybridized carbons (Fsp3) is 0.278. The zero-order valence-electron chi connectivity index (χ0n) is 14.2. The first-order valence-corrected chi connectivity index (χ1v) is 10.7. The van der Waals surface area contributed by atoms with E-state index in [1.54, 1.807) is 47.4 Å². The van der Waals surface area contributed by atoms with Gasteiger partial charge in [-0.2, -0.15) is 4.31 Å². The zero-order chi connectivity index (χ0) is 18.9. The number of aryl methyl sites for hydroxylation is 1. The van der Waals surface area contributed by atoms with Crippen LogP contribution in [0.3, 0.4) is 0 Å². The maximum atomic E-state index is 12.7. The van der Waals surface area contributed by atoms with Crippen molar-refractivity contribution in [1.82, 2.24) is 9.21 Å². The van der Waals surface area contributed by atoms with Crippen LogP contribution in [0.2, 0.25) is 5.02 Å². The SMILES string of the molecule is Cc1ccc(S(=O)(=O)N2CCN(C(=O)c3cc(Br)ccc3Cl)CC2)cc1. The summed E-state index contributed by atoms with van der Waals surface area (Å²) >= 11 is 9.47. The molecule has 1 fully saturated rings. The molecule has 0 N–H and O–H groups in total. The highest BCUT2D eigenvalue weighted by Gasteiger charge is 2.30.